The highest BCUT2D eigenvalue weighted by Crippen LogP contribution is 2.65. The fourth-order valence-electron chi connectivity index (χ4n) is 7.35. The van der Waals surface area contributed by atoms with E-state index in [1.54, 1.807) is 35.4 Å². The van der Waals surface area contributed by atoms with Crippen molar-refractivity contribution in [1.29, 1.82) is 0 Å². The molecule has 1 aromatic heterocycles. The summed E-state index contributed by atoms with van der Waals surface area (Å²) in [6, 6.07) is 5.10. The number of benzene rings is 1. The number of nitrogens with zero attached hydrogens (tertiary/aromatic N) is 2. The van der Waals surface area contributed by atoms with Gasteiger partial charge < -0.3 is 19.8 Å². The van der Waals surface area contributed by atoms with Gasteiger partial charge in [-0.3, -0.25) is 9.69 Å². The Morgan fingerprint density at radius 1 is 1.43 bits per heavy atom. The van der Waals surface area contributed by atoms with Gasteiger partial charge in [-0.2, -0.15) is 0 Å². The molecule has 1 amide bonds. The Hall–Kier alpha value is -2.13. The van der Waals surface area contributed by atoms with Gasteiger partial charge in [-0.05, 0) is 71.9 Å². The number of aromatic hydroxyl groups is 1. The first-order valence-corrected chi connectivity index (χ1v) is 13.8. The smallest absolute Gasteiger partial charge is 0.246 e. The number of rotatable bonds is 5. The molecule has 2 aliphatic heterocycles. The molecule has 6 rings (SSSR count). The molecule has 3 heterocycles. The number of carbonyl (C=O) groups excluding carboxylic acids is 1. The summed E-state index contributed by atoms with van der Waals surface area (Å²) in [7, 11) is 1.80. The number of hydrogen-bond acceptors (Lipinski definition) is 6. The van der Waals surface area contributed by atoms with Gasteiger partial charge in [0.15, 0.2) is 11.5 Å². The van der Waals surface area contributed by atoms with Gasteiger partial charge in [-0.25, -0.2) is 0 Å². The summed E-state index contributed by atoms with van der Waals surface area (Å²) in [4.78, 5) is 18.4. The maximum atomic E-state index is 13.4. The van der Waals surface area contributed by atoms with E-state index in [1.807, 2.05) is 29.7 Å². The molecule has 2 unspecified atom stereocenters. The van der Waals surface area contributed by atoms with Crippen molar-refractivity contribution in [2.45, 2.75) is 54.9 Å². The number of carbonyl (C=O) groups is 1. The maximum absolute atomic E-state index is 13.4. The number of piperidine rings is 1. The van der Waals surface area contributed by atoms with Crippen molar-refractivity contribution < 1.29 is 19.7 Å². The Morgan fingerprint density at radius 2 is 2.26 bits per heavy atom. The average molecular weight is 558 g/mol. The molecule has 4 aliphatic rings. The quantitative estimate of drug-likeness (QED) is 0.428. The van der Waals surface area contributed by atoms with E-state index in [2.05, 4.69) is 27.4 Å². The van der Waals surface area contributed by atoms with Gasteiger partial charge in [-0.1, -0.05) is 12.1 Å². The number of likely N-dealkylation sites (tertiary alicyclic amines) is 1. The van der Waals surface area contributed by atoms with Crippen LogP contribution in [0, 0.1) is 0 Å². The zero-order valence-electron chi connectivity index (χ0n) is 19.6. The monoisotopic (exact) mass is 556 g/mol. The largest absolute Gasteiger partial charge is 0.504 e. The lowest BCUT2D eigenvalue weighted by molar-refractivity contribution is -0.215. The molecule has 6 nitrogen and oxygen atoms in total. The van der Waals surface area contributed by atoms with E-state index >= 15 is 0 Å². The van der Waals surface area contributed by atoms with Crippen molar-refractivity contribution in [3.8, 4) is 11.5 Å². The van der Waals surface area contributed by atoms with Gasteiger partial charge in [0.2, 0.25) is 5.91 Å². The summed E-state index contributed by atoms with van der Waals surface area (Å²) in [5.74, 6) is 0.532. The van der Waals surface area contributed by atoms with Crippen LogP contribution in [0.1, 0.15) is 35.3 Å². The van der Waals surface area contributed by atoms with Crippen LogP contribution in [-0.4, -0.2) is 69.8 Å². The van der Waals surface area contributed by atoms with E-state index in [-0.39, 0.29) is 29.8 Å². The predicted octanol–water partition coefficient (Wildman–Crippen LogP) is 4.10. The Labute approximate surface area is 217 Å². The maximum Gasteiger partial charge on any atom is 0.246 e. The van der Waals surface area contributed by atoms with E-state index in [0.717, 1.165) is 27.0 Å². The first-order valence-electron chi connectivity index (χ1n) is 12.1. The van der Waals surface area contributed by atoms with E-state index in [4.69, 9.17) is 4.74 Å². The Kier molecular flexibility index (Phi) is 5.45. The van der Waals surface area contributed by atoms with Crippen LogP contribution in [0.4, 0.5) is 0 Å². The molecule has 184 valence electrons. The van der Waals surface area contributed by atoms with Crippen molar-refractivity contribution >= 4 is 39.2 Å². The minimum absolute atomic E-state index is 0.128. The second-order valence-corrected chi connectivity index (χ2v) is 12.0. The Morgan fingerprint density at radius 3 is 3.00 bits per heavy atom. The van der Waals surface area contributed by atoms with Crippen LogP contribution in [0.15, 0.2) is 46.8 Å². The van der Waals surface area contributed by atoms with Gasteiger partial charge in [0.25, 0.3) is 0 Å². The topological polar surface area (TPSA) is 73.2 Å². The molecule has 2 fully saturated rings. The number of hydrogen-bond donors (Lipinski definition) is 2. The summed E-state index contributed by atoms with van der Waals surface area (Å²) >= 11 is 5.02. The van der Waals surface area contributed by atoms with Crippen LogP contribution < -0.4 is 4.74 Å². The third-order valence-corrected chi connectivity index (χ3v) is 10.4. The molecular formula is C27H29BrN2O4S. The van der Waals surface area contributed by atoms with Gasteiger partial charge in [-0.15, -0.1) is 17.9 Å². The van der Waals surface area contributed by atoms with Crippen LogP contribution in [0.25, 0.3) is 6.08 Å². The number of phenolic OH excluding ortho intramolecular Hbond substituents is 1. The Bertz CT molecular complexity index is 1240. The van der Waals surface area contributed by atoms with E-state index in [9.17, 15) is 15.0 Å². The van der Waals surface area contributed by atoms with Crippen molar-refractivity contribution in [2.75, 3.05) is 20.1 Å². The van der Waals surface area contributed by atoms with Crippen LogP contribution in [-0.2, 0) is 16.6 Å². The molecule has 2 N–H and O–H groups in total. The van der Waals surface area contributed by atoms with Crippen molar-refractivity contribution in [2.24, 2.45) is 0 Å². The highest BCUT2D eigenvalue weighted by Gasteiger charge is 2.74. The van der Waals surface area contributed by atoms with Crippen LogP contribution in [0.5, 0.6) is 11.5 Å². The molecule has 0 radical (unpaired) electrons. The summed E-state index contributed by atoms with van der Waals surface area (Å²) in [5.41, 5.74) is 0.218. The van der Waals surface area contributed by atoms with Crippen LogP contribution in [0.3, 0.4) is 0 Å². The molecule has 2 bridgehead atoms. The highest BCUT2D eigenvalue weighted by molar-refractivity contribution is 9.10. The highest BCUT2D eigenvalue weighted by atomic mass is 79.9. The average Bonchev–Trinajstić information content (AvgIpc) is 3.40. The summed E-state index contributed by atoms with van der Waals surface area (Å²) < 4.78 is 7.39. The van der Waals surface area contributed by atoms with Gasteiger partial charge in [0.05, 0.1) is 11.5 Å². The zero-order valence-corrected chi connectivity index (χ0v) is 22.0. The predicted molar refractivity (Wildman–Crippen MR) is 140 cm³/mol. The summed E-state index contributed by atoms with van der Waals surface area (Å²) in [6.45, 7) is 5.43. The third-order valence-electron chi connectivity index (χ3n) is 8.72. The fraction of sp³-hybridized carbons (Fsp3) is 0.444. The second-order valence-electron chi connectivity index (χ2n) is 10.1. The minimum atomic E-state index is -1.21. The van der Waals surface area contributed by atoms with E-state index < -0.39 is 11.0 Å². The molecule has 2 aromatic rings. The number of thiophene rings is 1. The number of phenols is 1. The molecule has 1 spiro atoms. The summed E-state index contributed by atoms with van der Waals surface area (Å²) in [5, 5.41) is 25.6. The van der Waals surface area contributed by atoms with Crippen LogP contribution >= 0.6 is 27.3 Å². The molecule has 1 saturated carbocycles. The molecule has 2 aliphatic carbocycles. The Balaban J connectivity index is 1.44. The minimum Gasteiger partial charge on any atom is -0.504 e. The number of likely N-dealkylation sites (N-methyl/N-ethyl adjacent to an activating group) is 1. The number of ether oxygens (including phenoxy) is 1. The fourth-order valence-corrected chi connectivity index (χ4v) is 8.69. The van der Waals surface area contributed by atoms with Crippen molar-refractivity contribution in [1.82, 2.24) is 9.80 Å². The molecule has 8 heteroatoms. The molecule has 1 saturated heterocycles. The first kappa shape index (κ1) is 23.3. The summed E-state index contributed by atoms with van der Waals surface area (Å²) in [6.07, 6.45) is 7.79. The van der Waals surface area contributed by atoms with Gasteiger partial charge in [0.1, 0.15) is 11.7 Å². The molecule has 5 atom stereocenters. The normalized spacial score (nSPS) is 32.8. The van der Waals surface area contributed by atoms with Gasteiger partial charge >= 0.3 is 0 Å². The third kappa shape index (κ3) is 3.09. The lowest BCUT2D eigenvalue weighted by Crippen LogP contribution is -2.81. The van der Waals surface area contributed by atoms with E-state index in [1.165, 1.54) is 0 Å². The van der Waals surface area contributed by atoms with Crippen molar-refractivity contribution in [3.05, 3.63) is 62.8 Å². The van der Waals surface area contributed by atoms with Crippen LogP contribution in [0.2, 0.25) is 0 Å². The zero-order chi connectivity index (χ0) is 24.5. The first-order chi connectivity index (χ1) is 16.8. The number of halogens is 1. The van der Waals surface area contributed by atoms with E-state index in [0.29, 0.717) is 38.0 Å². The SMILES string of the molecule is C=CCN1CC[C@]23c4c5ccc(O)c4OC2CCC(N(C)C(=O)/C=C/c2cc(Br)cs2)[C@@]3(O)[C@H]1C5. The lowest BCUT2D eigenvalue weighted by atomic mass is 9.47. The lowest BCUT2D eigenvalue weighted by Gasteiger charge is -2.66. The number of aliphatic hydroxyl groups is 1. The standard InChI is InChI=1S/C27H29BrN2O4S/c1-3-11-30-12-10-26-22-8-7-20(29(2)23(32)9-5-18-14-17(28)15-35-18)27(26,33)21(30)13-16-4-6-19(31)25(34-22)24(16)26/h3-6,9,14-15,20-22,31,33H,1,7-8,10-13H2,2H3/b9-5+/t20?,21-,22?,26-,27-/m1/s1. The second kappa shape index (κ2) is 8.20. The molecule has 1 aromatic carbocycles. The van der Waals surface area contributed by atoms with Crippen molar-refractivity contribution in [3.63, 3.8) is 0 Å². The molecular weight excluding hydrogens is 528 g/mol. The van der Waals surface area contributed by atoms with Gasteiger partial charge in [0, 0.05) is 46.0 Å². The number of amides is 1. The molecule has 35 heavy (non-hydrogen) atoms.